The number of ether oxygens (including phenoxy) is 1. The van der Waals surface area contributed by atoms with E-state index >= 15 is 0 Å². The second-order valence-corrected chi connectivity index (χ2v) is 6.68. The molecule has 1 unspecified atom stereocenters. The van der Waals surface area contributed by atoms with Crippen molar-refractivity contribution in [3.05, 3.63) is 50.1 Å². The molecule has 0 radical (unpaired) electrons. The largest absolute Gasteiger partial charge is 0.497 e. The Kier molecular flexibility index (Phi) is 5.64. The molecule has 2 rings (SSSR count). The number of rotatable bonds is 6. The van der Waals surface area contributed by atoms with E-state index in [4.69, 9.17) is 4.74 Å². The van der Waals surface area contributed by atoms with Crippen LogP contribution in [0.4, 0.5) is 0 Å². The summed E-state index contributed by atoms with van der Waals surface area (Å²) in [4.78, 5) is 1.35. The lowest BCUT2D eigenvalue weighted by Gasteiger charge is -2.21. The monoisotopic (exact) mass is 353 g/mol. The van der Waals surface area contributed by atoms with Crippen molar-refractivity contribution >= 4 is 27.3 Å². The number of aryl methyl sites for hydroxylation is 1. The lowest BCUT2D eigenvalue weighted by Crippen LogP contribution is -2.23. The summed E-state index contributed by atoms with van der Waals surface area (Å²) in [5.41, 5.74) is 2.57. The Labute approximate surface area is 133 Å². The molecule has 0 aliphatic rings. The van der Waals surface area contributed by atoms with Crippen LogP contribution in [0.2, 0.25) is 0 Å². The first-order chi connectivity index (χ1) is 9.67. The zero-order valence-corrected chi connectivity index (χ0v) is 14.5. The fourth-order valence-corrected chi connectivity index (χ4v) is 3.46. The molecule has 20 heavy (non-hydrogen) atoms. The highest BCUT2D eigenvalue weighted by molar-refractivity contribution is 9.10. The van der Waals surface area contributed by atoms with E-state index in [9.17, 15) is 0 Å². The van der Waals surface area contributed by atoms with E-state index in [0.717, 1.165) is 23.2 Å². The van der Waals surface area contributed by atoms with Crippen molar-refractivity contribution in [2.75, 3.05) is 13.7 Å². The summed E-state index contributed by atoms with van der Waals surface area (Å²) in [7, 11) is 1.71. The smallest absolute Gasteiger partial charge is 0.119 e. The molecule has 0 amide bonds. The topological polar surface area (TPSA) is 21.3 Å². The molecule has 1 N–H and O–H groups in total. The quantitative estimate of drug-likeness (QED) is 0.795. The van der Waals surface area contributed by atoms with Gasteiger partial charge in [-0.3, -0.25) is 0 Å². The second kappa shape index (κ2) is 7.25. The van der Waals surface area contributed by atoms with Gasteiger partial charge < -0.3 is 10.1 Å². The number of hydrogen-bond donors (Lipinski definition) is 1. The maximum Gasteiger partial charge on any atom is 0.119 e. The van der Waals surface area contributed by atoms with E-state index in [1.807, 2.05) is 6.07 Å². The number of methoxy groups -OCH3 is 1. The Morgan fingerprint density at radius 1 is 1.30 bits per heavy atom. The number of halogens is 1. The van der Waals surface area contributed by atoms with Crippen LogP contribution in [0.1, 0.15) is 35.4 Å². The Morgan fingerprint density at radius 2 is 2.10 bits per heavy atom. The molecule has 4 heteroatoms. The Morgan fingerprint density at radius 3 is 2.70 bits per heavy atom. The van der Waals surface area contributed by atoms with Crippen molar-refractivity contribution in [2.24, 2.45) is 0 Å². The molecule has 2 nitrogen and oxygen atoms in total. The zero-order chi connectivity index (χ0) is 14.5. The minimum Gasteiger partial charge on any atom is -0.497 e. The summed E-state index contributed by atoms with van der Waals surface area (Å²) in [5.74, 6) is 0.888. The molecule has 108 valence electrons. The molecule has 0 aliphatic heterocycles. The van der Waals surface area contributed by atoms with E-state index in [0.29, 0.717) is 0 Å². The average molecular weight is 354 g/mol. The summed E-state index contributed by atoms with van der Waals surface area (Å²) < 4.78 is 6.47. The number of benzene rings is 1. The van der Waals surface area contributed by atoms with Crippen LogP contribution in [-0.2, 0) is 0 Å². The van der Waals surface area contributed by atoms with Gasteiger partial charge >= 0.3 is 0 Å². The predicted molar refractivity (Wildman–Crippen MR) is 89.9 cm³/mol. The summed E-state index contributed by atoms with van der Waals surface area (Å²) in [6, 6.07) is 8.54. The predicted octanol–water partition coefficient (Wildman–Crippen LogP) is 4.92. The van der Waals surface area contributed by atoms with Gasteiger partial charge in [0.15, 0.2) is 0 Å². The minimum absolute atomic E-state index is 0.200. The number of hydrogen-bond acceptors (Lipinski definition) is 3. The molecule has 0 aliphatic carbocycles. The molecule has 0 fully saturated rings. The molecule has 2 aromatic rings. The van der Waals surface area contributed by atoms with E-state index < -0.39 is 0 Å². The van der Waals surface area contributed by atoms with E-state index in [1.54, 1.807) is 18.4 Å². The third kappa shape index (κ3) is 3.43. The number of nitrogens with one attached hydrogen (secondary N) is 1. The average Bonchev–Trinajstić information content (AvgIpc) is 2.87. The van der Waals surface area contributed by atoms with E-state index in [2.05, 4.69) is 58.7 Å². The van der Waals surface area contributed by atoms with Crippen molar-refractivity contribution in [3.63, 3.8) is 0 Å². The van der Waals surface area contributed by atoms with Crippen LogP contribution in [0.5, 0.6) is 5.75 Å². The Hall–Kier alpha value is -0.840. The lowest BCUT2D eigenvalue weighted by atomic mass is 9.99. The fraction of sp³-hybridized carbons (Fsp3) is 0.375. The first kappa shape index (κ1) is 15.5. The van der Waals surface area contributed by atoms with Gasteiger partial charge in [-0.15, -0.1) is 11.3 Å². The molecule has 0 bridgehead atoms. The van der Waals surface area contributed by atoms with Gasteiger partial charge in [0.2, 0.25) is 0 Å². The maximum atomic E-state index is 5.37. The van der Waals surface area contributed by atoms with Crippen LogP contribution in [-0.4, -0.2) is 13.7 Å². The zero-order valence-electron chi connectivity index (χ0n) is 12.1. The third-order valence-corrected chi connectivity index (χ3v) is 4.91. The molecular weight excluding hydrogens is 334 g/mol. The van der Waals surface area contributed by atoms with Crippen molar-refractivity contribution in [3.8, 4) is 5.75 Å². The van der Waals surface area contributed by atoms with Crippen molar-refractivity contribution < 1.29 is 4.74 Å². The summed E-state index contributed by atoms with van der Waals surface area (Å²) in [6.45, 7) is 5.35. The molecule has 1 aromatic heterocycles. The third-order valence-electron chi connectivity index (χ3n) is 3.32. The Balaban J connectivity index is 2.43. The van der Waals surface area contributed by atoms with Gasteiger partial charge in [-0.1, -0.05) is 22.9 Å². The molecule has 0 saturated carbocycles. The van der Waals surface area contributed by atoms with Gasteiger partial charge in [0, 0.05) is 9.35 Å². The van der Waals surface area contributed by atoms with E-state index in [1.165, 1.54) is 16.0 Å². The SMILES string of the molecule is CCCNC(c1cc(OC)ccc1Br)c1ccsc1C. The molecular formula is C16H20BrNOS. The van der Waals surface area contributed by atoms with Gasteiger partial charge in [0.05, 0.1) is 13.2 Å². The standard InChI is InChI=1S/C16H20BrNOS/c1-4-8-18-16(13-7-9-20-11(13)2)14-10-12(19-3)5-6-15(14)17/h5-7,9-10,16,18H,4,8H2,1-3H3. The highest BCUT2D eigenvalue weighted by atomic mass is 79.9. The van der Waals surface area contributed by atoms with Crippen LogP contribution in [0.3, 0.4) is 0 Å². The van der Waals surface area contributed by atoms with Crippen LogP contribution in [0.25, 0.3) is 0 Å². The summed E-state index contributed by atoms with van der Waals surface area (Å²) in [6.07, 6.45) is 1.11. The Bertz CT molecular complexity index is 567. The maximum absolute atomic E-state index is 5.37. The van der Waals surface area contributed by atoms with Crippen LogP contribution in [0, 0.1) is 6.92 Å². The summed E-state index contributed by atoms with van der Waals surface area (Å²) in [5, 5.41) is 5.79. The highest BCUT2D eigenvalue weighted by Gasteiger charge is 2.19. The van der Waals surface area contributed by atoms with Gasteiger partial charge in [0.25, 0.3) is 0 Å². The van der Waals surface area contributed by atoms with Gasteiger partial charge in [-0.05, 0) is 60.7 Å². The first-order valence-electron chi connectivity index (χ1n) is 6.78. The number of thiophene rings is 1. The fourth-order valence-electron chi connectivity index (χ4n) is 2.24. The summed E-state index contributed by atoms with van der Waals surface area (Å²) >= 11 is 5.46. The highest BCUT2D eigenvalue weighted by Crippen LogP contribution is 2.34. The molecule has 1 heterocycles. The molecule has 0 saturated heterocycles. The lowest BCUT2D eigenvalue weighted by molar-refractivity contribution is 0.413. The van der Waals surface area contributed by atoms with E-state index in [-0.39, 0.29) is 6.04 Å². The first-order valence-corrected chi connectivity index (χ1v) is 8.45. The van der Waals surface area contributed by atoms with Crippen LogP contribution in [0.15, 0.2) is 34.1 Å². The van der Waals surface area contributed by atoms with Crippen molar-refractivity contribution in [1.82, 2.24) is 5.32 Å². The minimum atomic E-state index is 0.200. The molecule has 1 aromatic carbocycles. The second-order valence-electron chi connectivity index (χ2n) is 4.71. The van der Waals surface area contributed by atoms with Gasteiger partial charge in [0.1, 0.15) is 5.75 Å². The molecule has 0 spiro atoms. The normalized spacial score (nSPS) is 12.4. The van der Waals surface area contributed by atoms with Gasteiger partial charge in [-0.25, -0.2) is 0 Å². The van der Waals surface area contributed by atoms with Gasteiger partial charge in [-0.2, -0.15) is 0 Å². The van der Waals surface area contributed by atoms with Crippen LogP contribution < -0.4 is 10.1 Å². The molecule has 1 atom stereocenters. The van der Waals surface area contributed by atoms with Crippen LogP contribution >= 0.6 is 27.3 Å². The van der Waals surface area contributed by atoms with Crippen molar-refractivity contribution in [1.29, 1.82) is 0 Å². The van der Waals surface area contributed by atoms with Crippen molar-refractivity contribution in [2.45, 2.75) is 26.3 Å².